The molecule has 0 spiro atoms. The highest BCUT2D eigenvalue weighted by Crippen LogP contribution is 2.31. The standard InChI is InChI=1S/C15H20ClNO3/c1-10(15(19)20)17-8-6-12(7-9-17)14(18)11-2-4-13(16)5-3-11/h2-5,10,12,14,18H,6-9H2,1H3,(H,19,20)/t10-,14+/m0/s1. The molecule has 20 heavy (non-hydrogen) atoms. The number of likely N-dealkylation sites (tertiary alicyclic amines) is 1. The Morgan fingerprint density at radius 3 is 2.35 bits per heavy atom. The number of aliphatic carboxylic acids is 1. The first kappa shape index (κ1) is 15.3. The van der Waals surface area contributed by atoms with Crippen molar-refractivity contribution in [2.45, 2.75) is 31.9 Å². The minimum Gasteiger partial charge on any atom is -0.480 e. The molecule has 110 valence electrons. The molecule has 2 N–H and O–H groups in total. The minimum absolute atomic E-state index is 0.174. The summed E-state index contributed by atoms with van der Waals surface area (Å²) in [5.41, 5.74) is 0.874. The number of halogens is 1. The molecule has 1 aromatic carbocycles. The van der Waals surface area contributed by atoms with Gasteiger partial charge in [0.15, 0.2) is 0 Å². The molecule has 0 aromatic heterocycles. The van der Waals surface area contributed by atoms with E-state index in [0.29, 0.717) is 18.1 Å². The van der Waals surface area contributed by atoms with E-state index >= 15 is 0 Å². The fraction of sp³-hybridized carbons (Fsp3) is 0.533. The summed E-state index contributed by atoms with van der Waals surface area (Å²) in [4.78, 5) is 12.9. The van der Waals surface area contributed by atoms with Gasteiger partial charge in [-0.1, -0.05) is 23.7 Å². The van der Waals surface area contributed by atoms with Crippen LogP contribution in [0.15, 0.2) is 24.3 Å². The molecular weight excluding hydrogens is 278 g/mol. The summed E-state index contributed by atoms with van der Waals surface area (Å²) in [5, 5.41) is 20.1. The third-order valence-electron chi connectivity index (χ3n) is 4.14. The molecule has 1 fully saturated rings. The Hall–Kier alpha value is -1.10. The van der Waals surface area contributed by atoms with Gasteiger partial charge in [-0.25, -0.2) is 0 Å². The van der Waals surface area contributed by atoms with Gasteiger partial charge in [-0.05, 0) is 56.5 Å². The minimum atomic E-state index is -0.790. The van der Waals surface area contributed by atoms with Crippen LogP contribution in [0.3, 0.4) is 0 Å². The summed E-state index contributed by atoms with van der Waals surface area (Å²) in [7, 11) is 0. The second kappa shape index (κ2) is 6.57. The largest absolute Gasteiger partial charge is 0.480 e. The Labute approximate surface area is 124 Å². The summed E-state index contributed by atoms with van der Waals surface area (Å²) in [6.07, 6.45) is 1.11. The quantitative estimate of drug-likeness (QED) is 0.897. The van der Waals surface area contributed by atoms with Gasteiger partial charge in [-0.15, -0.1) is 0 Å². The molecule has 0 saturated carbocycles. The Kier molecular flexibility index (Phi) is 5.02. The maximum absolute atomic E-state index is 11.0. The highest BCUT2D eigenvalue weighted by atomic mass is 35.5. The molecular formula is C15H20ClNO3. The molecule has 2 rings (SSSR count). The van der Waals surface area contributed by atoms with Crippen LogP contribution in [-0.2, 0) is 4.79 Å². The number of rotatable bonds is 4. The number of benzene rings is 1. The van der Waals surface area contributed by atoms with E-state index in [-0.39, 0.29) is 5.92 Å². The Balaban J connectivity index is 1.93. The van der Waals surface area contributed by atoms with E-state index in [4.69, 9.17) is 16.7 Å². The van der Waals surface area contributed by atoms with Gasteiger partial charge in [-0.2, -0.15) is 0 Å². The summed E-state index contributed by atoms with van der Waals surface area (Å²) in [5.74, 6) is -0.616. The van der Waals surface area contributed by atoms with Gasteiger partial charge in [0.25, 0.3) is 0 Å². The molecule has 0 aliphatic carbocycles. The monoisotopic (exact) mass is 297 g/mol. The van der Waals surface area contributed by atoms with Crippen LogP contribution in [0.2, 0.25) is 5.02 Å². The van der Waals surface area contributed by atoms with Crippen LogP contribution in [0.5, 0.6) is 0 Å². The molecule has 0 radical (unpaired) electrons. The lowest BCUT2D eigenvalue weighted by Crippen LogP contribution is -2.44. The molecule has 0 amide bonds. The van der Waals surface area contributed by atoms with Gasteiger partial charge in [0.2, 0.25) is 0 Å². The number of carbonyl (C=O) groups is 1. The molecule has 5 heteroatoms. The molecule has 0 bridgehead atoms. The third-order valence-corrected chi connectivity index (χ3v) is 4.39. The number of hydrogen-bond acceptors (Lipinski definition) is 3. The lowest BCUT2D eigenvalue weighted by atomic mass is 9.87. The van der Waals surface area contributed by atoms with Crippen molar-refractivity contribution in [2.24, 2.45) is 5.92 Å². The maximum atomic E-state index is 11.0. The number of piperidine rings is 1. The summed E-state index contributed by atoms with van der Waals surface area (Å²) in [6.45, 7) is 3.13. The van der Waals surface area contributed by atoms with E-state index < -0.39 is 18.1 Å². The SMILES string of the molecule is C[C@@H](C(=O)O)N1CCC([C@H](O)c2ccc(Cl)cc2)CC1. The first-order valence-electron chi connectivity index (χ1n) is 6.89. The molecule has 2 atom stereocenters. The molecule has 4 nitrogen and oxygen atoms in total. The number of hydrogen-bond donors (Lipinski definition) is 2. The normalized spacial score (nSPS) is 20.6. The van der Waals surface area contributed by atoms with Gasteiger partial charge in [0, 0.05) is 5.02 Å². The number of nitrogens with zero attached hydrogens (tertiary/aromatic N) is 1. The van der Waals surface area contributed by atoms with Crippen molar-refractivity contribution in [1.29, 1.82) is 0 Å². The van der Waals surface area contributed by atoms with E-state index in [1.165, 1.54) is 0 Å². The second-order valence-electron chi connectivity index (χ2n) is 5.38. The zero-order valence-corrected chi connectivity index (χ0v) is 12.3. The van der Waals surface area contributed by atoms with E-state index in [1.54, 1.807) is 19.1 Å². The van der Waals surface area contributed by atoms with Crippen molar-refractivity contribution in [2.75, 3.05) is 13.1 Å². The van der Waals surface area contributed by atoms with Crippen molar-refractivity contribution in [3.63, 3.8) is 0 Å². The van der Waals surface area contributed by atoms with E-state index in [0.717, 1.165) is 18.4 Å². The van der Waals surface area contributed by atoms with Gasteiger partial charge >= 0.3 is 5.97 Å². The summed E-state index contributed by atoms with van der Waals surface area (Å²) >= 11 is 5.84. The Bertz CT molecular complexity index is 455. The van der Waals surface area contributed by atoms with Gasteiger partial charge in [-0.3, -0.25) is 9.69 Å². The molecule has 1 aliphatic heterocycles. The van der Waals surface area contributed by atoms with Crippen LogP contribution in [0.4, 0.5) is 0 Å². The van der Waals surface area contributed by atoms with E-state index in [2.05, 4.69) is 0 Å². The number of aliphatic hydroxyl groups excluding tert-OH is 1. The van der Waals surface area contributed by atoms with Crippen molar-refractivity contribution >= 4 is 17.6 Å². The fourth-order valence-corrected chi connectivity index (χ4v) is 2.84. The smallest absolute Gasteiger partial charge is 0.320 e. The first-order chi connectivity index (χ1) is 9.49. The zero-order chi connectivity index (χ0) is 14.7. The lowest BCUT2D eigenvalue weighted by Gasteiger charge is -2.36. The zero-order valence-electron chi connectivity index (χ0n) is 11.5. The molecule has 1 saturated heterocycles. The average Bonchev–Trinajstić information content (AvgIpc) is 2.46. The Morgan fingerprint density at radius 2 is 1.85 bits per heavy atom. The van der Waals surface area contributed by atoms with Gasteiger partial charge < -0.3 is 10.2 Å². The highest BCUT2D eigenvalue weighted by Gasteiger charge is 2.30. The van der Waals surface area contributed by atoms with Crippen molar-refractivity contribution in [3.05, 3.63) is 34.9 Å². The van der Waals surface area contributed by atoms with Crippen molar-refractivity contribution in [3.8, 4) is 0 Å². The lowest BCUT2D eigenvalue weighted by molar-refractivity contribution is -0.143. The Morgan fingerprint density at radius 1 is 1.30 bits per heavy atom. The van der Waals surface area contributed by atoms with Crippen LogP contribution in [0.25, 0.3) is 0 Å². The van der Waals surface area contributed by atoms with E-state index in [9.17, 15) is 9.90 Å². The van der Waals surface area contributed by atoms with E-state index in [1.807, 2.05) is 17.0 Å². The molecule has 1 aromatic rings. The van der Waals surface area contributed by atoms with Crippen molar-refractivity contribution < 1.29 is 15.0 Å². The maximum Gasteiger partial charge on any atom is 0.320 e. The van der Waals surface area contributed by atoms with Crippen LogP contribution >= 0.6 is 11.6 Å². The molecule has 0 unspecified atom stereocenters. The van der Waals surface area contributed by atoms with Gasteiger partial charge in [0.1, 0.15) is 6.04 Å². The topological polar surface area (TPSA) is 60.8 Å². The first-order valence-corrected chi connectivity index (χ1v) is 7.27. The highest BCUT2D eigenvalue weighted by molar-refractivity contribution is 6.30. The number of carboxylic acid groups (broad SMARTS) is 1. The van der Waals surface area contributed by atoms with Crippen LogP contribution in [-0.4, -0.2) is 40.2 Å². The summed E-state index contributed by atoms with van der Waals surface area (Å²) < 4.78 is 0. The number of carboxylic acids is 1. The predicted octanol–water partition coefficient (Wildman–Crippen LogP) is 2.56. The van der Waals surface area contributed by atoms with Gasteiger partial charge in [0.05, 0.1) is 6.10 Å². The number of aliphatic hydroxyl groups is 1. The molecule has 1 aliphatic rings. The third kappa shape index (κ3) is 3.51. The van der Waals surface area contributed by atoms with Crippen LogP contribution < -0.4 is 0 Å². The van der Waals surface area contributed by atoms with Crippen molar-refractivity contribution in [1.82, 2.24) is 4.90 Å². The van der Waals surface area contributed by atoms with Crippen LogP contribution in [0, 0.1) is 5.92 Å². The predicted molar refractivity (Wildman–Crippen MR) is 77.8 cm³/mol. The summed E-state index contributed by atoms with van der Waals surface area (Å²) in [6, 6.07) is 6.80. The molecule has 1 heterocycles. The second-order valence-corrected chi connectivity index (χ2v) is 5.82. The average molecular weight is 298 g/mol. The van der Waals surface area contributed by atoms with Crippen LogP contribution in [0.1, 0.15) is 31.4 Å². The fourth-order valence-electron chi connectivity index (χ4n) is 2.71.